The Morgan fingerprint density at radius 3 is 2.83 bits per heavy atom. The van der Waals surface area contributed by atoms with E-state index in [4.69, 9.17) is 9.15 Å². The largest absolute Gasteiger partial charge is 0.464 e. The van der Waals surface area contributed by atoms with E-state index in [0.29, 0.717) is 6.61 Å². The van der Waals surface area contributed by atoms with Crippen molar-refractivity contribution in [3.8, 4) is 0 Å². The van der Waals surface area contributed by atoms with E-state index in [9.17, 15) is 0 Å². The molecule has 12 heavy (non-hydrogen) atoms. The molecule has 0 fully saturated rings. The molecule has 0 aromatic carbocycles. The van der Waals surface area contributed by atoms with Crippen molar-refractivity contribution in [3.63, 3.8) is 0 Å². The molecule has 1 rings (SSSR count). The van der Waals surface area contributed by atoms with Gasteiger partial charge >= 0.3 is 0 Å². The zero-order valence-electron chi connectivity index (χ0n) is 7.59. The maximum absolute atomic E-state index is 5.46. The molecule has 1 heterocycles. The first-order valence-electron chi connectivity index (χ1n) is 4.08. The fraction of sp³-hybridized carbons (Fsp3) is 0.556. The summed E-state index contributed by atoms with van der Waals surface area (Å²) in [6.45, 7) is 1.50. The molecule has 1 aromatic rings. The summed E-state index contributed by atoms with van der Waals surface area (Å²) in [6.07, 6.45) is 0.931. The first-order valence-corrected chi connectivity index (χ1v) is 4.08. The van der Waals surface area contributed by atoms with Gasteiger partial charge in [-0.3, -0.25) is 0 Å². The molecular formula is C9H15NO2. The van der Waals surface area contributed by atoms with Gasteiger partial charge in [-0.15, -0.1) is 0 Å². The van der Waals surface area contributed by atoms with Crippen molar-refractivity contribution in [2.45, 2.75) is 13.0 Å². The Morgan fingerprint density at radius 1 is 1.42 bits per heavy atom. The van der Waals surface area contributed by atoms with Crippen LogP contribution in [0.15, 0.2) is 16.5 Å². The van der Waals surface area contributed by atoms with Crippen LogP contribution >= 0.6 is 0 Å². The van der Waals surface area contributed by atoms with Crippen molar-refractivity contribution >= 4 is 0 Å². The minimum Gasteiger partial charge on any atom is -0.464 e. The van der Waals surface area contributed by atoms with Crippen molar-refractivity contribution in [3.05, 3.63) is 23.7 Å². The van der Waals surface area contributed by atoms with Gasteiger partial charge in [0, 0.05) is 20.1 Å². The molecule has 0 radical (unpaired) electrons. The van der Waals surface area contributed by atoms with Crippen molar-refractivity contribution in [2.24, 2.45) is 0 Å². The Bertz CT molecular complexity index is 220. The molecule has 0 saturated heterocycles. The van der Waals surface area contributed by atoms with E-state index in [0.717, 1.165) is 24.5 Å². The number of furan rings is 1. The van der Waals surface area contributed by atoms with Crippen LogP contribution in [0.25, 0.3) is 0 Å². The van der Waals surface area contributed by atoms with Crippen LogP contribution in [0, 0.1) is 0 Å². The highest BCUT2D eigenvalue weighted by Crippen LogP contribution is 2.08. The lowest BCUT2D eigenvalue weighted by Gasteiger charge is -1.95. The van der Waals surface area contributed by atoms with Crippen LogP contribution < -0.4 is 5.32 Å². The van der Waals surface area contributed by atoms with Crippen LogP contribution in [-0.4, -0.2) is 20.7 Å². The van der Waals surface area contributed by atoms with Crippen LogP contribution in [-0.2, 0) is 17.8 Å². The molecule has 0 amide bonds. The lowest BCUT2D eigenvalue weighted by molar-refractivity contribution is 0.162. The van der Waals surface area contributed by atoms with Crippen molar-refractivity contribution in [1.29, 1.82) is 0 Å². The summed E-state index contributed by atoms with van der Waals surface area (Å²) >= 11 is 0. The highest BCUT2D eigenvalue weighted by Gasteiger charge is 1.99. The maximum atomic E-state index is 5.46. The van der Waals surface area contributed by atoms with Gasteiger partial charge in [0.1, 0.15) is 18.1 Å². The third-order valence-electron chi connectivity index (χ3n) is 1.63. The second-order valence-electron chi connectivity index (χ2n) is 2.65. The summed E-state index contributed by atoms with van der Waals surface area (Å²) in [5, 5.41) is 3.07. The zero-order valence-corrected chi connectivity index (χ0v) is 7.59. The topological polar surface area (TPSA) is 34.4 Å². The van der Waals surface area contributed by atoms with Gasteiger partial charge in [-0.05, 0) is 19.2 Å². The zero-order chi connectivity index (χ0) is 8.81. The smallest absolute Gasteiger partial charge is 0.129 e. The fourth-order valence-electron chi connectivity index (χ4n) is 1.02. The number of ether oxygens (including phenoxy) is 1. The quantitative estimate of drug-likeness (QED) is 0.719. The van der Waals surface area contributed by atoms with Gasteiger partial charge in [-0.2, -0.15) is 0 Å². The van der Waals surface area contributed by atoms with Crippen LogP contribution in [0.1, 0.15) is 11.5 Å². The fourth-order valence-corrected chi connectivity index (χ4v) is 1.02. The molecule has 0 atom stereocenters. The standard InChI is InChI=1S/C9H15NO2/c1-10-6-5-8-3-4-9(12-8)7-11-2/h3-4,10H,5-7H2,1-2H3. The Balaban J connectivity index is 2.41. The van der Waals surface area contributed by atoms with E-state index in [2.05, 4.69) is 5.32 Å². The molecular weight excluding hydrogens is 154 g/mol. The average Bonchev–Trinajstić information content (AvgIpc) is 2.50. The number of hydrogen-bond acceptors (Lipinski definition) is 3. The molecule has 0 unspecified atom stereocenters. The molecule has 3 nitrogen and oxygen atoms in total. The Hall–Kier alpha value is -0.800. The number of rotatable bonds is 5. The van der Waals surface area contributed by atoms with Crippen LogP contribution in [0.2, 0.25) is 0 Å². The minimum absolute atomic E-state index is 0.555. The molecule has 0 aliphatic rings. The SMILES string of the molecule is CNCCc1ccc(COC)o1. The second-order valence-corrected chi connectivity index (χ2v) is 2.65. The Kier molecular flexibility index (Phi) is 3.84. The summed E-state index contributed by atoms with van der Waals surface area (Å²) in [4.78, 5) is 0. The van der Waals surface area contributed by atoms with E-state index in [1.165, 1.54) is 0 Å². The van der Waals surface area contributed by atoms with Crippen LogP contribution in [0.4, 0.5) is 0 Å². The predicted octanol–water partition coefficient (Wildman–Crippen LogP) is 1.19. The highest BCUT2D eigenvalue weighted by molar-refractivity contribution is 5.06. The molecule has 3 heteroatoms. The lowest BCUT2D eigenvalue weighted by atomic mass is 10.3. The predicted molar refractivity (Wildman–Crippen MR) is 47.1 cm³/mol. The van der Waals surface area contributed by atoms with E-state index in [1.54, 1.807) is 7.11 Å². The van der Waals surface area contributed by atoms with Gasteiger partial charge in [0.2, 0.25) is 0 Å². The summed E-state index contributed by atoms with van der Waals surface area (Å²) in [7, 11) is 3.59. The highest BCUT2D eigenvalue weighted by atomic mass is 16.5. The van der Waals surface area contributed by atoms with E-state index in [1.807, 2.05) is 19.2 Å². The monoisotopic (exact) mass is 169 g/mol. The number of hydrogen-bond donors (Lipinski definition) is 1. The summed E-state index contributed by atoms with van der Waals surface area (Å²) in [6, 6.07) is 3.94. The van der Waals surface area contributed by atoms with Gasteiger partial charge < -0.3 is 14.5 Å². The van der Waals surface area contributed by atoms with Gasteiger partial charge in [-0.25, -0.2) is 0 Å². The van der Waals surface area contributed by atoms with Crippen molar-refractivity contribution in [2.75, 3.05) is 20.7 Å². The third-order valence-corrected chi connectivity index (χ3v) is 1.63. The summed E-state index contributed by atoms with van der Waals surface area (Å²) < 4.78 is 10.4. The van der Waals surface area contributed by atoms with Crippen molar-refractivity contribution in [1.82, 2.24) is 5.32 Å². The molecule has 1 aromatic heterocycles. The summed E-state index contributed by atoms with van der Waals surface area (Å²) in [5.74, 6) is 1.90. The minimum atomic E-state index is 0.555. The summed E-state index contributed by atoms with van der Waals surface area (Å²) in [5.41, 5.74) is 0. The van der Waals surface area contributed by atoms with Crippen LogP contribution in [0.5, 0.6) is 0 Å². The van der Waals surface area contributed by atoms with Gasteiger partial charge in [-0.1, -0.05) is 0 Å². The van der Waals surface area contributed by atoms with Gasteiger partial charge in [0.15, 0.2) is 0 Å². The van der Waals surface area contributed by atoms with E-state index in [-0.39, 0.29) is 0 Å². The van der Waals surface area contributed by atoms with Crippen LogP contribution in [0.3, 0.4) is 0 Å². The van der Waals surface area contributed by atoms with Gasteiger partial charge in [0.25, 0.3) is 0 Å². The Labute approximate surface area is 72.7 Å². The molecule has 68 valence electrons. The van der Waals surface area contributed by atoms with Gasteiger partial charge in [0.05, 0.1) is 0 Å². The molecule has 0 spiro atoms. The second kappa shape index (κ2) is 4.95. The lowest BCUT2D eigenvalue weighted by Crippen LogP contribution is -2.09. The first-order chi connectivity index (χ1) is 5.86. The molecule has 1 N–H and O–H groups in total. The van der Waals surface area contributed by atoms with Crippen molar-refractivity contribution < 1.29 is 9.15 Å². The molecule has 0 aliphatic carbocycles. The maximum Gasteiger partial charge on any atom is 0.129 e. The third kappa shape index (κ3) is 2.68. The molecule has 0 saturated carbocycles. The molecule has 0 aliphatic heterocycles. The number of methoxy groups -OCH3 is 1. The number of likely N-dealkylation sites (N-methyl/N-ethyl adjacent to an activating group) is 1. The Morgan fingerprint density at radius 2 is 2.17 bits per heavy atom. The first kappa shape index (κ1) is 9.29. The van der Waals surface area contributed by atoms with E-state index < -0.39 is 0 Å². The normalized spacial score (nSPS) is 10.5. The molecule has 0 bridgehead atoms. The average molecular weight is 169 g/mol. The number of nitrogens with one attached hydrogen (secondary N) is 1. The van der Waals surface area contributed by atoms with E-state index >= 15 is 0 Å².